The Morgan fingerprint density at radius 2 is 1.88 bits per heavy atom. The first-order chi connectivity index (χ1) is 7.66. The molecule has 0 fully saturated rings. The first kappa shape index (κ1) is 11.1. The van der Waals surface area contributed by atoms with Crippen molar-refractivity contribution in [2.24, 2.45) is 0 Å². The number of hydrogen-bond acceptors (Lipinski definition) is 2. The normalized spacial score (nSPS) is 10.4. The lowest BCUT2D eigenvalue weighted by atomic mass is 10.1. The molecule has 82 valence electrons. The Labute approximate surface area is 99.8 Å². The molecule has 0 aliphatic heterocycles. The van der Waals surface area contributed by atoms with E-state index in [0.29, 0.717) is 6.42 Å². The van der Waals surface area contributed by atoms with Crippen molar-refractivity contribution in [3.63, 3.8) is 0 Å². The molecule has 0 saturated heterocycles. The number of rotatable bonds is 3. The third-order valence-electron chi connectivity index (χ3n) is 2.53. The molecule has 0 spiro atoms. The maximum atomic E-state index is 11.0. The van der Waals surface area contributed by atoms with E-state index in [-0.39, 0.29) is 5.78 Å². The average Bonchev–Trinajstić information content (AvgIpc) is 2.65. The Balaban J connectivity index is 2.26. The van der Waals surface area contributed by atoms with Gasteiger partial charge in [-0.2, -0.15) is 0 Å². The Morgan fingerprint density at radius 3 is 2.38 bits per heavy atom. The SMILES string of the molecule is CC(=O)Cc1ccc(-c2sccc2C)cc1. The van der Waals surface area contributed by atoms with Crippen molar-refractivity contribution < 1.29 is 4.79 Å². The second kappa shape index (κ2) is 4.62. The molecule has 1 aromatic heterocycles. The van der Waals surface area contributed by atoms with Gasteiger partial charge >= 0.3 is 0 Å². The molecular weight excluding hydrogens is 216 g/mol. The van der Waals surface area contributed by atoms with Crippen LogP contribution < -0.4 is 0 Å². The quantitative estimate of drug-likeness (QED) is 0.782. The van der Waals surface area contributed by atoms with Crippen molar-refractivity contribution in [2.45, 2.75) is 20.3 Å². The second-order valence-electron chi connectivity index (χ2n) is 4.01. The summed E-state index contributed by atoms with van der Waals surface area (Å²) in [5.74, 6) is 0.208. The third-order valence-corrected chi connectivity index (χ3v) is 3.60. The molecule has 2 rings (SSSR count). The van der Waals surface area contributed by atoms with Crippen LogP contribution >= 0.6 is 11.3 Å². The van der Waals surface area contributed by atoms with E-state index in [1.165, 1.54) is 16.0 Å². The van der Waals surface area contributed by atoms with Crippen molar-refractivity contribution in [1.82, 2.24) is 0 Å². The Bertz CT molecular complexity index is 494. The summed E-state index contributed by atoms with van der Waals surface area (Å²) < 4.78 is 0. The smallest absolute Gasteiger partial charge is 0.134 e. The minimum Gasteiger partial charge on any atom is -0.300 e. The first-order valence-electron chi connectivity index (χ1n) is 5.29. The van der Waals surface area contributed by atoms with Gasteiger partial charge in [-0.05, 0) is 42.0 Å². The summed E-state index contributed by atoms with van der Waals surface area (Å²) in [6.07, 6.45) is 0.531. The van der Waals surface area contributed by atoms with E-state index in [4.69, 9.17) is 0 Å². The van der Waals surface area contributed by atoms with Crippen LogP contribution in [0.3, 0.4) is 0 Å². The molecule has 1 aromatic carbocycles. The largest absolute Gasteiger partial charge is 0.300 e. The van der Waals surface area contributed by atoms with Crippen molar-refractivity contribution >= 4 is 17.1 Å². The van der Waals surface area contributed by atoms with Gasteiger partial charge in [-0.1, -0.05) is 24.3 Å². The van der Waals surface area contributed by atoms with Crippen molar-refractivity contribution in [1.29, 1.82) is 0 Å². The summed E-state index contributed by atoms with van der Waals surface area (Å²) in [4.78, 5) is 12.3. The Kier molecular flexibility index (Phi) is 3.20. The molecule has 0 atom stereocenters. The molecule has 16 heavy (non-hydrogen) atoms. The van der Waals surface area contributed by atoms with Gasteiger partial charge in [-0.3, -0.25) is 4.79 Å². The molecule has 1 heterocycles. The minimum atomic E-state index is 0.208. The molecular formula is C14H14OS. The fourth-order valence-electron chi connectivity index (χ4n) is 1.73. The van der Waals surface area contributed by atoms with E-state index in [0.717, 1.165) is 5.56 Å². The standard InChI is InChI=1S/C14H14OS/c1-10-7-8-16-14(10)13-5-3-12(4-6-13)9-11(2)15/h3-8H,9H2,1-2H3. The van der Waals surface area contributed by atoms with Crippen LogP contribution in [0.1, 0.15) is 18.1 Å². The Hall–Kier alpha value is -1.41. The highest BCUT2D eigenvalue weighted by molar-refractivity contribution is 7.13. The molecule has 0 saturated carbocycles. The number of ketones is 1. The molecule has 0 N–H and O–H groups in total. The number of hydrogen-bond donors (Lipinski definition) is 0. The highest BCUT2D eigenvalue weighted by Crippen LogP contribution is 2.28. The number of benzene rings is 1. The molecule has 1 nitrogen and oxygen atoms in total. The van der Waals surface area contributed by atoms with Crippen LogP contribution in [0.15, 0.2) is 35.7 Å². The lowest BCUT2D eigenvalue weighted by Crippen LogP contribution is -1.95. The maximum Gasteiger partial charge on any atom is 0.134 e. The molecule has 0 unspecified atom stereocenters. The summed E-state index contributed by atoms with van der Waals surface area (Å²) in [5.41, 5.74) is 3.63. The molecule has 0 amide bonds. The maximum absolute atomic E-state index is 11.0. The molecule has 0 aliphatic rings. The lowest BCUT2D eigenvalue weighted by molar-refractivity contribution is -0.116. The lowest BCUT2D eigenvalue weighted by Gasteiger charge is -2.02. The monoisotopic (exact) mass is 230 g/mol. The fourth-order valence-corrected chi connectivity index (χ4v) is 2.66. The average molecular weight is 230 g/mol. The molecule has 2 aromatic rings. The molecule has 2 heteroatoms. The van der Waals surface area contributed by atoms with Crippen LogP contribution in [-0.4, -0.2) is 5.78 Å². The summed E-state index contributed by atoms with van der Waals surface area (Å²) in [6, 6.07) is 10.4. The zero-order valence-electron chi connectivity index (χ0n) is 9.49. The van der Waals surface area contributed by atoms with E-state index < -0.39 is 0 Å². The predicted octanol–water partition coefficient (Wildman–Crippen LogP) is 3.86. The highest BCUT2D eigenvalue weighted by atomic mass is 32.1. The summed E-state index contributed by atoms with van der Waals surface area (Å²) in [6.45, 7) is 3.74. The summed E-state index contributed by atoms with van der Waals surface area (Å²) in [5, 5.41) is 2.11. The topological polar surface area (TPSA) is 17.1 Å². The van der Waals surface area contributed by atoms with Gasteiger partial charge in [0.05, 0.1) is 0 Å². The first-order valence-corrected chi connectivity index (χ1v) is 6.17. The molecule has 0 radical (unpaired) electrons. The fraction of sp³-hybridized carbons (Fsp3) is 0.214. The number of thiophene rings is 1. The van der Waals surface area contributed by atoms with Gasteiger partial charge in [0, 0.05) is 11.3 Å². The number of Topliss-reactive ketones (excluding diaryl/α,β-unsaturated/α-hetero) is 1. The third kappa shape index (κ3) is 2.39. The zero-order valence-corrected chi connectivity index (χ0v) is 10.3. The number of aryl methyl sites for hydroxylation is 1. The van der Waals surface area contributed by atoms with Gasteiger partial charge in [-0.25, -0.2) is 0 Å². The van der Waals surface area contributed by atoms with E-state index in [2.05, 4.69) is 30.5 Å². The van der Waals surface area contributed by atoms with Crippen LogP contribution in [0.4, 0.5) is 0 Å². The second-order valence-corrected chi connectivity index (χ2v) is 4.92. The van der Waals surface area contributed by atoms with Gasteiger partial charge < -0.3 is 0 Å². The zero-order chi connectivity index (χ0) is 11.5. The van der Waals surface area contributed by atoms with E-state index >= 15 is 0 Å². The number of carbonyl (C=O) groups is 1. The van der Waals surface area contributed by atoms with E-state index in [1.54, 1.807) is 18.3 Å². The molecule has 0 aliphatic carbocycles. The van der Waals surface area contributed by atoms with Gasteiger partial charge in [-0.15, -0.1) is 11.3 Å². The summed E-state index contributed by atoms with van der Waals surface area (Å²) >= 11 is 1.76. The van der Waals surface area contributed by atoms with E-state index in [1.807, 2.05) is 12.1 Å². The predicted molar refractivity (Wildman–Crippen MR) is 68.9 cm³/mol. The van der Waals surface area contributed by atoms with Crippen LogP contribution in [0.5, 0.6) is 0 Å². The van der Waals surface area contributed by atoms with Crippen molar-refractivity contribution in [2.75, 3.05) is 0 Å². The van der Waals surface area contributed by atoms with Gasteiger partial charge in [0.15, 0.2) is 0 Å². The van der Waals surface area contributed by atoms with Crippen molar-refractivity contribution in [3.8, 4) is 10.4 Å². The summed E-state index contributed by atoms with van der Waals surface area (Å²) in [7, 11) is 0. The van der Waals surface area contributed by atoms with Crippen LogP contribution in [0.25, 0.3) is 10.4 Å². The van der Waals surface area contributed by atoms with Crippen molar-refractivity contribution in [3.05, 3.63) is 46.8 Å². The Morgan fingerprint density at radius 1 is 1.19 bits per heavy atom. The van der Waals surface area contributed by atoms with Crippen LogP contribution in [0.2, 0.25) is 0 Å². The van der Waals surface area contributed by atoms with Crippen LogP contribution in [-0.2, 0) is 11.2 Å². The number of carbonyl (C=O) groups excluding carboxylic acids is 1. The van der Waals surface area contributed by atoms with Gasteiger partial charge in [0.1, 0.15) is 5.78 Å². The highest BCUT2D eigenvalue weighted by Gasteiger charge is 2.03. The van der Waals surface area contributed by atoms with Gasteiger partial charge in [0.2, 0.25) is 0 Å². The van der Waals surface area contributed by atoms with E-state index in [9.17, 15) is 4.79 Å². The van der Waals surface area contributed by atoms with Crippen LogP contribution in [0, 0.1) is 6.92 Å². The minimum absolute atomic E-state index is 0.208. The molecule has 0 bridgehead atoms. The van der Waals surface area contributed by atoms with Gasteiger partial charge in [0.25, 0.3) is 0 Å².